The molecule has 0 bridgehead atoms. The maximum Gasteiger partial charge on any atom is 0.330 e. The molecule has 3 fully saturated rings. The molecule has 0 unspecified atom stereocenters. The van der Waals surface area contributed by atoms with Gasteiger partial charge in [-0.15, -0.1) is 0 Å². The summed E-state index contributed by atoms with van der Waals surface area (Å²) in [6.07, 6.45) is 24.5. The fourth-order valence-corrected chi connectivity index (χ4v) is 7.25. The van der Waals surface area contributed by atoms with Gasteiger partial charge in [-0.1, -0.05) is 52.5 Å². The lowest BCUT2D eigenvalue weighted by Gasteiger charge is -2.45. The first-order valence-electron chi connectivity index (χ1n) is 17.2. The molecule has 0 aromatic carbocycles. The second kappa shape index (κ2) is 19.0. The molecule has 0 amide bonds. The number of carbonyl (C=O) groups is 2. The Balaban J connectivity index is 1.23. The molecule has 0 spiro atoms. The van der Waals surface area contributed by atoms with Gasteiger partial charge < -0.3 is 18.9 Å². The normalized spacial score (nSPS) is 30.4. The zero-order chi connectivity index (χ0) is 29.3. The Kier molecular flexibility index (Phi) is 15.8. The van der Waals surface area contributed by atoms with E-state index in [0.29, 0.717) is 24.7 Å². The number of ether oxygens (including phenoxy) is 4. The third-order valence-electron chi connectivity index (χ3n) is 10.2. The van der Waals surface area contributed by atoms with Crippen LogP contribution in [0, 0.1) is 17.3 Å². The molecule has 0 aromatic heterocycles. The van der Waals surface area contributed by atoms with Crippen molar-refractivity contribution in [2.45, 2.75) is 161 Å². The van der Waals surface area contributed by atoms with Crippen molar-refractivity contribution in [1.29, 1.82) is 0 Å². The molecule has 0 atom stereocenters. The average Bonchev–Trinajstić information content (AvgIpc) is 3.00. The fraction of sp³-hybridized carbons (Fsp3) is 0.886. The van der Waals surface area contributed by atoms with Gasteiger partial charge in [0.2, 0.25) is 0 Å². The number of carbonyl (C=O) groups excluding carboxylic acids is 2. The van der Waals surface area contributed by atoms with Crippen LogP contribution in [0.1, 0.15) is 142 Å². The highest BCUT2D eigenvalue weighted by Crippen LogP contribution is 2.49. The first-order chi connectivity index (χ1) is 19.9. The van der Waals surface area contributed by atoms with E-state index in [9.17, 15) is 9.59 Å². The molecular formula is C35H60O6. The summed E-state index contributed by atoms with van der Waals surface area (Å²) < 4.78 is 23.3. The Morgan fingerprint density at radius 1 is 0.707 bits per heavy atom. The Labute approximate surface area is 250 Å². The lowest BCUT2D eigenvalue weighted by atomic mass is 9.62. The molecule has 6 heteroatoms. The van der Waals surface area contributed by atoms with Crippen LogP contribution < -0.4 is 0 Å². The largest absolute Gasteiger partial charge is 0.463 e. The zero-order valence-corrected chi connectivity index (χ0v) is 26.4. The summed E-state index contributed by atoms with van der Waals surface area (Å²) in [4.78, 5) is 24.0. The van der Waals surface area contributed by atoms with E-state index < -0.39 is 0 Å². The van der Waals surface area contributed by atoms with E-state index in [0.717, 1.165) is 63.9 Å². The minimum Gasteiger partial charge on any atom is -0.463 e. The van der Waals surface area contributed by atoms with Crippen molar-refractivity contribution >= 4 is 11.9 Å². The predicted octanol–water partition coefficient (Wildman–Crippen LogP) is 8.50. The second-order valence-corrected chi connectivity index (χ2v) is 13.3. The lowest BCUT2D eigenvalue weighted by molar-refractivity contribution is -0.159. The average molecular weight is 577 g/mol. The smallest absolute Gasteiger partial charge is 0.330 e. The number of hydrogen-bond donors (Lipinski definition) is 0. The fourth-order valence-electron chi connectivity index (χ4n) is 7.25. The molecule has 0 saturated heterocycles. The summed E-state index contributed by atoms with van der Waals surface area (Å²) in [7, 11) is 0. The SMILES string of the molecule is C=CC(=O)OCCCCOC1CCC(C(=O)OC2CCC(C)(C3CCC(OCCCCCCCC)CC3)CC2)CC1. The van der Waals surface area contributed by atoms with Gasteiger partial charge >= 0.3 is 11.9 Å². The number of rotatable bonds is 18. The zero-order valence-electron chi connectivity index (χ0n) is 26.4. The van der Waals surface area contributed by atoms with Crippen LogP contribution in [0.25, 0.3) is 0 Å². The van der Waals surface area contributed by atoms with Crippen molar-refractivity contribution in [3.63, 3.8) is 0 Å². The summed E-state index contributed by atoms with van der Waals surface area (Å²) in [5.41, 5.74) is 0.385. The molecule has 41 heavy (non-hydrogen) atoms. The molecule has 236 valence electrons. The van der Waals surface area contributed by atoms with Gasteiger partial charge in [0.1, 0.15) is 6.10 Å². The molecular weight excluding hydrogens is 516 g/mol. The van der Waals surface area contributed by atoms with Gasteiger partial charge in [0.25, 0.3) is 0 Å². The van der Waals surface area contributed by atoms with Gasteiger partial charge in [0, 0.05) is 19.3 Å². The first kappa shape index (κ1) is 34.1. The van der Waals surface area contributed by atoms with Crippen molar-refractivity contribution < 1.29 is 28.5 Å². The van der Waals surface area contributed by atoms with Crippen LogP contribution in [0.5, 0.6) is 0 Å². The van der Waals surface area contributed by atoms with E-state index in [-0.39, 0.29) is 30.1 Å². The third kappa shape index (κ3) is 12.4. The van der Waals surface area contributed by atoms with Crippen LogP contribution >= 0.6 is 0 Å². The van der Waals surface area contributed by atoms with Gasteiger partial charge in [0.05, 0.1) is 24.7 Å². The topological polar surface area (TPSA) is 71.1 Å². The Morgan fingerprint density at radius 3 is 1.85 bits per heavy atom. The molecule has 3 rings (SSSR count). The highest BCUT2D eigenvalue weighted by Gasteiger charge is 2.41. The molecule has 6 nitrogen and oxygen atoms in total. The summed E-state index contributed by atoms with van der Waals surface area (Å²) >= 11 is 0. The summed E-state index contributed by atoms with van der Waals surface area (Å²) in [6.45, 7) is 10.2. The van der Waals surface area contributed by atoms with E-state index in [1.165, 1.54) is 83.1 Å². The minimum absolute atomic E-state index is 0.0177. The van der Waals surface area contributed by atoms with Crippen molar-refractivity contribution in [3.05, 3.63) is 12.7 Å². The van der Waals surface area contributed by atoms with Gasteiger partial charge in [-0.25, -0.2) is 4.79 Å². The number of esters is 2. The lowest BCUT2D eigenvalue weighted by Crippen LogP contribution is -2.39. The van der Waals surface area contributed by atoms with Crippen molar-refractivity contribution in [3.8, 4) is 0 Å². The van der Waals surface area contributed by atoms with Crippen LogP contribution in [0.3, 0.4) is 0 Å². The molecule has 0 N–H and O–H groups in total. The van der Waals surface area contributed by atoms with Crippen LogP contribution in [-0.2, 0) is 28.5 Å². The Hall–Kier alpha value is -1.40. The highest BCUT2D eigenvalue weighted by atomic mass is 16.5. The molecule has 0 aliphatic heterocycles. The third-order valence-corrected chi connectivity index (χ3v) is 10.2. The molecule has 0 heterocycles. The van der Waals surface area contributed by atoms with Crippen molar-refractivity contribution in [1.82, 2.24) is 0 Å². The second-order valence-electron chi connectivity index (χ2n) is 13.3. The van der Waals surface area contributed by atoms with Crippen molar-refractivity contribution in [2.75, 3.05) is 19.8 Å². The monoisotopic (exact) mass is 576 g/mol. The predicted molar refractivity (Wildman–Crippen MR) is 164 cm³/mol. The van der Waals surface area contributed by atoms with Gasteiger partial charge in [0.15, 0.2) is 0 Å². The van der Waals surface area contributed by atoms with E-state index in [1.54, 1.807) is 0 Å². The standard InChI is InChI=1S/C35H60O6/c1-4-6-7-8-9-10-25-38-31-19-15-29(16-20-31)35(3)23-21-32(22-24-35)41-34(37)28-13-17-30(18-14-28)39-26-11-12-27-40-33(36)5-2/h5,28-32H,2,4,6-27H2,1,3H3. The maximum atomic E-state index is 12.9. The first-order valence-corrected chi connectivity index (χ1v) is 17.2. The van der Waals surface area contributed by atoms with Gasteiger partial charge in [-0.3, -0.25) is 4.79 Å². The van der Waals surface area contributed by atoms with Crippen molar-refractivity contribution in [2.24, 2.45) is 17.3 Å². The van der Waals surface area contributed by atoms with Crippen LogP contribution in [-0.4, -0.2) is 50.1 Å². The highest BCUT2D eigenvalue weighted by molar-refractivity contribution is 5.81. The maximum absolute atomic E-state index is 12.9. The van der Waals surface area contributed by atoms with Crippen LogP contribution in [0.2, 0.25) is 0 Å². The van der Waals surface area contributed by atoms with Gasteiger partial charge in [-0.05, 0) is 108 Å². The summed E-state index contributed by atoms with van der Waals surface area (Å²) in [6, 6.07) is 0. The molecule has 3 saturated carbocycles. The number of unbranched alkanes of at least 4 members (excludes halogenated alkanes) is 6. The van der Waals surface area contributed by atoms with E-state index >= 15 is 0 Å². The van der Waals surface area contributed by atoms with E-state index in [2.05, 4.69) is 20.4 Å². The van der Waals surface area contributed by atoms with E-state index in [4.69, 9.17) is 18.9 Å². The summed E-state index contributed by atoms with van der Waals surface area (Å²) in [5.74, 6) is 0.447. The van der Waals surface area contributed by atoms with Crippen LogP contribution in [0.15, 0.2) is 12.7 Å². The van der Waals surface area contributed by atoms with Gasteiger partial charge in [-0.2, -0.15) is 0 Å². The molecule has 0 aromatic rings. The minimum atomic E-state index is -0.375. The Bertz CT molecular complexity index is 742. The summed E-state index contributed by atoms with van der Waals surface area (Å²) in [5, 5.41) is 0. The number of hydrogen-bond acceptors (Lipinski definition) is 6. The quantitative estimate of drug-likeness (QED) is 0.0925. The molecule has 0 radical (unpaired) electrons. The molecule has 3 aliphatic rings. The van der Waals surface area contributed by atoms with E-state index in [1.807, 2.05) is 0 Å². The molecule has 3 aliphatic carbocycles. The Morgan fingerprint density at radius 2 is 1.24 bits per heavy atom. The van der Waals surface area contributed by atoms with Crippen LogP contribution in [0.4, 0.5) is 0 Å².